The Morgan fingerprint density at radius 2 is 1.38 bits per heavy atom. The van der Waals surface area contributed by atoms with E-state index in [9.17, 15) is 13.2 Å². The van der Waals surface area contributed by atoms with Crippen LogP contribution in [0.5, 0.6) is 0 Å². The smallest absolute Gasteiger partial charge is 0.166 e. The fraction of sp³-hybridized carbons (Fsp3) is 0.333. The van der Waals surface area contributed by atoms with E-state index in [1.54, 1.807) is 6.08 Å². The standard InChI is InChI=1S/C30H39F3O/c1-11-12-13-14-15-23(6)29(32)30(33)27(10)22(5)17-16-21(4)26(9)28(31)18-24(7)25(8)19-34-20(2)3/h13-14,16-18,20,25H,4-7,9-12,15,19H2,1-3,8H3/b14-13-,17-16-,28-18+,30-29-. The van der Waals surface area contributed by atoms with E-state index < -0.39 is 17.5 Å². The molecule has 0 aromatic carbocycles. The zero-order valence-electron chi connectivity index (χ0n) is 21.2. The van der Waals surface area contributed by atoms with Crippen LogP contribution in [-0.2, 0) is 4.74 Å². The minimum atomic E-state index is -1.13. The molecule has 0 aromatic rings. The van der Waals surface area contributed by atoms with Gasteiger partial charge in [0, 0.05) is 17.1 Å². The fourth-order valence-electron chi connectivity index (χ4n) is 2.42. The predicted octanol–water partition coefficient (Wildman–Crippen LogP) is 9.69. The summed E-state index contributed by atoms with van der Waals surface area (Å²) in [6.07, 6.45) is 9.85. The molecule has 0 aliphatic rings. The zero-order chi connectivity index (χ0) is 26.4. The minimum absolute atomic E-state index is 0.0148. The van der Waals surface area contributed by atoms with E-state index in [1.165, 1.54) is 18.2 Å². The van der Waals surface area contributed by atoms with E-state index in [0.29, 0.717) is 12.2 Å². The van der Waals surface area contributed by atoms with Crippen LogP contribution in [-0.4, -0.2) is 12.7 Å². The third-order valence-corrected chi connectivity index (χ3v) is 4.93. The van der Waals surface area contributed by atoms with Crippen LogP contribution < -0.4 is 0 Å². The molecule has 0 fully saturated rings. The van der Waals surface area contributed by atoms with Crippen LogP contribution in [0.3, 0.4) is 0 Å². The van der Waals surface area contributed by atoms with Crippen molar-refractivity contribution < 1.29 is 17.9 Å². The molecule has 0 aliphatic heterocycles. The fourth-order valence-corrected chi connectivity index (χ4v) is 2.42. The zero-order valence-corrected chi connectivity index (χ0v) is 21.2. The van der Waals surface area contributed by atoms with E-state index in [-0.39, 0.29) is 46.3 Å². The first kappa shape index (κ1) is 31.1. The molecule has 0 saturated carbocycles. The number of halogens is 3. The summed E-state index contributed by atoms with van der Waals surface area (Å²) < 4.78 is 49.0. The highest BCUT2D eigenvalue weighted by Gasteiger charge is 2.14. The summed E-state index contributed by atoms with van der Waals surface area (Å²) in [5.74, 6) is -2.86. The van der Waals surface area contributed by atoms with Gasteiger partial charge >= 0.3 is 0 Å². The molecule has 0 saturated heterocycles. The van der Waals surface area contributed by atoms with Gasteiger partial charge in [0.05, 0.1) is 12.7 Å². The second-order valence-corrected chi connectivity index (χ2v) is 8.39. The van der Waals surface area contributed by atoms with Gasteiger partial charge in [-0.15, -0.1) is 0 Å². The SMILES string of the molecule is C=C(/C=C\C(=C)C(=C)/C(F)=C\C(=C)C(C)COC(C)C)C(=C)/C(F)=C(/F)C(=C)C/C=C\CCC. The lowest BCUT2D eigenvalue weighted by molar-refractivity contribution is 0.0633. The summed E-state index contributed by atoms with van der Waals surface area (Å²) in [6, 6.07) is 0. The highest BCUT2D eigenvalue weighted by Crippen LogP contribution is 2.29. The lowest BCUT2D eigenvalue weighted by atomic mass is 9.99. The first-order valence-electron chi connectivity index (χ1n) is 11.3. The van der Waals surface area contributed by atoms with Gasteiger partial charge in [-0.1, -0.05) is 84.0 Å². The van der Waals surface area contributed by atoms with Crippen molar-refractivity contribution in [1.29, 1.82) is 0 Å². The Balaban J connectivity index is 5.16. The van der Waals surface area contributed by atoms with Crippen molar-refractivity contribution >= 4 is 0 Å². The summed E-state index contributed by atoms with van der Waals surface area (Å²) >= 11 is 0. The van der Waals surface area contributed by atoms with Gasteiger partial charge in [0.15, 0.2) is 11.7 Å². The average molecular weight is 473 g/mol. The van der Waals surface area contributed by atoms with Crippen LogP contribution in [0, 0.1) is 5.92 Å². The van der Waals surface area contributed by atoms with Crippen LogP contribution in [0.2, 0.25) is 0 Å². The molecule has 0 N–H and O–H groups in total. The predicted molar refractivity (Wildman–Crippen MR) is 141 cm³/mol. The molecule has 1 atom stereocenters. The van der Waals surface area contributed by atoms with E-state index in [4.69, 9.17) is 4.74 Å². The Bertz CT molecular complexity index is 923. The lowest BCUT2D eigenvalue weighted by Crippen LogP contribution is -2.12. The monoisotopic (exact) mass is 472 g/mol. The number of hydrogen-bond donors (Lipinski definition) is 0. The van der Waals surface area contributed by atoms with Gasteiger partial charge in [0.1, 0.15) is 5.83 Å². The molecule has 0 heterocycles. The van der Waals surface area contributed by atoms with Gasteiger partial charge in [-0.05, 0) is 55.1 Å². The van der Waals surface area contributed by atoms with Crippen molar-refractivity contribution in [2.45, 2.75) is 53.1 Å². The molecule has 0 bridgehead atoms. The molecule has 0 spiro atoms. The van der Waals surface area contributed by atoms with Crippen LogP contribution in [0.4, 0.5) is 13.2 Å². The third-order valence-electron chi connectivity index (χ3n) is 4.93. The molecular formula is C30H39F3O. The maximum atomic E-state index is 14.6. The van der Waals surface area contributed by atoms with Crippen LogP contribution in [0.15, 0.2) is 121 Å². The molecule has 34 heavy (non-hydrogen) atoms. The van der Waals surface area contributed by atoms with Crippen LogP contribution >= 0.6 is 0 Å². The summed E-state index contributed by atoms with van der Waals surface area (Å²) in [5, 5.41) is 0. The third kappa shape index (κ3) is 11.3. The number of hydrogen-bond acceptors (Lipinski definition) is 1. The van der Waals surface area contributed by atoms with E-state index in [1.807, 2.05) is 33.8 Å². The number of rotatable bonds is 16. The molecule has 0 amide bonds. The Hall–Kier alpha value is -2.85. The normalized spacial score (nSPS) is 13.8. The maximum absolute atomic E-state index is 14.6. The molecule has 1 unspecified atom stereocenters. The molecule has 0 aliphatic carbocycles. The van der Waals surface area contributed by atoms with E-state index in [0.717, 1.165) is 12.8 Å². The second kappa shape index (κ2) is 15.9. The van der Waals surface area contributed by atoms with Crippen molar-refractivity contribution in [1.82, 2.24) is 0 Å². The summed E-state index contributed by atoms with van der Waals surface area (Å²) in [4.78, 5) is 0. The van der Waals surface area contributed by atoms with Crippen molar-refractivity contribution in [2.24, 2.45) is 5.92 Å². The number of ether oxygens (including phenoxy) is 1. The molecule has 0 radical (unpaired) electrons. The second-order valence-electron chi connectivity index (χ2n) is 8.39. The van der Waals surface area contributed by atoms with E-state index in [2.05, 4.69) is 39.5 Å². The highest BCUT2D eigenvalue weighted by molar-refractivity contribution is 5.53. The quantitative estimate of drug-likeness (QED) is 0.160. The maximum Gasteiger partial charge on any atom is 0.166 e. The van der Waals surface area contributed by atoms with Crippen LogP contribution in [0.1, 0.15) is 47.0 Å². The van der Waals surface area contributed by atoms with Gasteiger partial charge in [-0.25, -0.2) is 13.2 Å². The number of unbranched alkanes of at least 4 members (excludes halogenated alkanes) is 1. The Morgan fingerprint density at radius 3 is 1.91 bits per heavy atom. The molecule has 0 aromatic heterocycles. The van der Waals surface area contributed by atoms with Gasteiger partial charge in [0.25, 0.3) is 0 Å². The Kier molecular flexibility index (Phi) is 14.6. The summed E-state index contributed by atoms with van der Waals surface area (Å²) in [5.41, 5.74) is 0.750. The average Bonchev–Trinajstić information content (AvgIpc) is 2.80. The van der Waals surface area contributed by atoms with Crippen molar-refractivity contribution in [3.8, 4) is 0 Å². The first-order chi connectivity index (χ1) is 15.8. The first-order valence-corrected chi connectivity index (χ1v) is 11.3. The molecular weight excluding hydrogens is 433 g/mol. The number of allylic oxidation sites excluding steroid dienone is 13. The summed E-state index contributed by atoms with van der Waals surface area (Å²) in [7, 11) is 0. The molecule has 0 rings (SSSR count). The van der Waals surface area contributed by atoms with Crippen LogP contribution in [0.25, 0.3) is 0 Å². The van der Waals surface area contributed by atoms with Crippen molar-refractivity contribution in [3.63, 3.8) is 0 Å². The van der Waals surface area contributed by atoms with Gasteiger partial charge < -0.3 is 4.74 Å². The molecule has 186 valence electrons. The Morgan fingerprint density at radius 1 is 0.824 bits per heavy atom. The largest absolute Gasteiger partial charge is 0.378 e. The van der Waals surface area contributed by atoms with Gasteiger partial charge in [0.2, 0.25) is 0 Å². The summed E-state index contributed by atoms with van der Waals surface area (Å²) in [6.45, 7) is 30.4. The lowest BCUT2D eigenvalue weighted by Gasteiger charge is -2.15. The van der Waals surface area contributed by atoms with Crippen molar-refractivity contribution in [2.75, 3.05) is 6.61 Å². The Labute approximate surface area is 204 Å². The highest BCUT2D eigenvalue weighted by atomic mass is 19.2. The van der Waals surface area contributed by atoms with Gasteiger partial charge in [-0.2, -0.15) is 0 Å². The minimum Gasteiger partial charge on any atom is -0.378 e. The van der Waals surface area contributed by atoms with E-state index >= 15 is 0 Å². The topological polar surface area (TPSA) is 9.23 Å². The molecule has 1 nitrogen and oxygen atoms in total. The molecule has 4 heteroatoms. The van der Waals surface area contributed by atoms with Crippen molar-refractivity contribution in [3.05, 3.63) is 121 Å². The van der Waals surface area contributed by atoms with Gasteiger partial charge in [-0.3, -0.25) is 0 Å².